The van der Waals surface area contributed by atoms with E-state index in [1.54, 1.807) is 4.52 Å². The molecular formula is C25H26N4O3. The van der Waals surface area contributed by atoms with E-state index in [4.69, 9.17) is 19.9 Å². The SMILES string of the molecule is Nc1ncnn2c(C3CC(OCc4ccccc4)C(COCc4ccccc4)O3)ccc12. The van der Waals surface area contributed by atoms with Crippen LogP contribution in [0.4, 0.5) is 5.82 Å². The standard InChI is InChI=1S/C25H26N4O3/c26-25-21-12-11-20(29(21)28-17-27-25)22-13-23(31-15-19-9-5-2-6-10-19)24(32-22)16-30-14-18-7-3-1-4-8-18/h1-12,17,22-24H,13-16H2,(H2,26,27,28). The quantitative estimate of drug-likeness (QED) is 0.456. The minimum Gasteiger partial charge on any atom is -0.382 e. The number of fused-ring (bicyclic) bond motifs is 1. The number of ether oxygens (including phenoxy) is 3. The molecule has 32 heavy (non-hydrogen) atoms. The summed E-state index contributed by atoms with van der Waals surface area (Å²) in [5, 5.41) is 4.37. The molecule has 0 aliphatic carbocycles. The van der Waals surface area contributed by atoms with E-state index in [-0.39, 0.29) is 18.3 Å². The smallest absolute Gasteiger partial charge is 0.151 e. The predicted molar refractivity (Wildman–Crippen MR) is 121 cm³/mol. The fraction of sp³-hybridized carbons (Fsp3) is 0.280. The number of hydrogen-bond donors (Lipinski definition) is 1. The average Bonchev–Trinajstić information content (AvgIpc) is 3.44. The van der Waals surface area contributed by atoms with E-state index in [0.717, 1.165) is 22.3 Å². The third kappa shape index (κ3) is 4.50. The molecule has 0 amide bonds. The molecule has 5 rings (SSSR count). The Bertz CT molecular complexity index is 1150. The molecule has 0 radical (unpaired) electrons. The number of rotatable bonds is 8. The van der Waals surface area contributed by atoms with Crippen molar-refractivity contribution in [1.82, 2.24) is 14.6 Å². The summed E-state index contributed by atoms with van der Waals surface area (Å²) in [5.41, 5.74) is 9.98. The second-order valence-corrected chi connectivity index (χ2v) is 7.94. The van der Waals surface area contributed by atoms with Gasteiger partial charge in [-0.1, -0.05) is 60.7 Å². The first kappa shape index (κ1) is 20.6. The van der Waals surface area contributed by atoms with Gasteiger partial charge in [0.2, 0.25) is 0 Å². The number of benzene rings is 2. The second kappa shape index (κ2) is 9.48. The van der Waals surface area contributed by atoms with E-state index >= 15 is 0 Å². The van der Waals surface area contributed by atoms with Gasteiger partial charge in [0.05, 0.1) is 31.6 Å². The van der Waals surface area contributed by atoms with Crippen molar-refractivity contribution in [3.8, 4) is 0 Å². The van der Waals surface area contributed by atoms with Crippen LogP contribution in [0.25, 0.3) is 5.52 Å². The minimum absolute atomic E-state index is 0.0966. The van der Waals surface area contributed by atoms with Crippen LogP contribution in [0.1, 0.15) is 29.3 Å². The lowest BCUT2D eigenvalue weighted by molar-refractivity contribution is -0.0722. The van der Waals surface area contributed by atoms with Crippen LogP contribution < -0.4 is 5.73 Å². The van der Waals surface area contributed by atoms with Gasteiger partial charge < -0.3 is 19.9 Å². The number of aromatic nitrogens is 3. The third-order valence-corrected chi connectivity index (χ3v) is 5.74. The number of anilines is 1. The van der Waals surface area contributed by atoms with Gasteiger partial charge in [-0.05, 0) is 23.3 Å². The molecule has 2 aromatic carbocycles. The molecule has 1 aliphatic heterocycles. The summed E-state index contributed by atoms with van der Waals surface area (Å²) in [6.45, 7) is 1.51. The van der Waals surface area contributed by atoms with Crippen molar-refractivity contribution >= 4 is 11.3 Å². The topological polar surface area (TPSA) is 83.9 Å². The highest BCUT2D eigenvalue weighted by Gasteiger charge is 2.38. The predicted octanol–water partition coefficient (Wildman–Crippen LogP) is 3.94. The first-order valence-electron chi connectivity index (χ1n) is 10.8. The fourth-order valence-electron chi connectivity index (χ4n) is 4.09. The lowest BCUT2D eigenvalue weighted by Gasteiger charge is -2.19. The van der Waals surface area contributed by atoms with Crippen LogP contribution in [0.5, 0.6) is 0 Å². The molecule has 3 heterocycles. The van der Waals surface area contributed by atoms with Crippen LogP contribution in [0, 0.1) is 0 Å². The zero-order chi connectivity index (χ0) is 21.8. The molecule has 1 saturated heterocycles. The Labute approximate surface area is 186 Å². The first-order valence-corrected chi connectivity index (χ1v) is 10.8. The first-order chi connectivity index (χ1) is 15.8. The summed E-state index contributed by atoms with van der Waals surface area (Å²) in [5.74, 6) is 0.448. The molecule has 3 atom stereocenters. The molecule has 3 unspecified atom stereocenters. The van der Waals surface area contributed by atoms with Gasteiger partial charge in [0, 0.05) is 6.42 Å². The molecular weight excluding hydrogens is 404 g/mol. The third-order valence-electron chi connectivity index (χ3n) is 5.74. The van der Waals surface area contributed by atoms with Crippen LogP contribution in [-0.2, 0) is 27.4 Å². The Morgan fingerprint density at radius 2 is 1.66 bits per heavy atom. The minimum atomic E-state index is -0.183. The maximum Gasteiger partial charge on any atom is 0.151 e. The molecule has 1 fully saturated rings. The Morgan fingerprint density at radius 1 is 0.938 bits per heavy atom. The summed E-state index contributed by atoms with van der Waals surface area (Å²) in [6.07, 6.45) is 1.73. The van der Waals surface area contributed by atoms with Gasteiger partial charge in [0.25, 0.3) is 0 Å². The zero-order valence-corrected chi connectivity index (χ0v) is 17.7. The number of hydrogen-bond acceptors (Lipinski definition) is 6. The molecule has 7 heteroatoms. The van der Waals surface area contributed by atoms with E-state index in [9.17, 15) is 0 Å². The van der Waals surface area contributed by atoms with E-state index in [2.05, 4.69) is 34.3 Å². The van der Waals surface area contributed by atoms with Crippen LogP contribution in [0.15, 0.2) is 79.1 Å². The van der Waals surface area contributed by atoms with Crippen LogP contribution >= 0.6 is 0 Å². The summed E-state index contributed by atoms with van der Waals surface area (Å²) in [7, 11) is 0. The van der Waals surface area contributed by atoms with Crippen molar-refractivity contribution in [2.24, 2.45) is 0 Å². The Hall–Kier alpha value is -3.26. The molecule has 164 valence electrons. The van der Waals surface area contributed by atoms with E-state index in [1.807, 2.05) is 48.5 Å². The van der Waals surface area contributed by atoms with Crippen molar-refractivity contribution in [2.45, 2.75) is 37.9 Å². The highest BCUT2D eigenvalue weighted by molar-refractivity contribution is 5.65. The van der Waals surface area contributed by atoms with Crippen molar-refractivity contribution < 1.29 is 14.2 Å². The molecule has 2 aromatic heterocycles. The summed E-state index contributed by atoms with van der Waals surface area (Å²) < 4.78 is 20.5. The fourth-order valence-corrected chi connectivity index (χ4v) is 4.09. The molecule has 4 aromatic rings. The normalized spacial score (nSPS) is 20.7. The highest BCUT2D eigenvalue weighted by Crippen LogP contribution is 2.36. The van der Waals surface area contributed by atoms with E-state index < -0.39 is 0 Å². The zero-order valence-electron chi connectivity index (χ0n) is 17.7. The van der Waals surface area contributed by atoms with Gasteiger partial charge in [-0.3, -0.25) is 0 Å². The summed E-state index contributed by atoms with van der Waals surface area (Å²) >= 11 is 0. The molecule has 1 aliphatic rings. The van der Waals surface area contributed by atoms with Crippen molar-refractivity contribution in [2.75, 3.05) is 12.3 Å². The molecule has 0 bridgehead atoms. The van der Waals surface area contributed by atoms with Crippen LogP contribution in [-0.4, -0.2) is 33.4 Å². The van der Waals surface area contributed by atoms with Gasteiger partial charge in [0.15, 0.2) is 5.82 Å². The molecule has 7 nitrogen and oxygen atoms in total. The lowest BCUT2D eigenvalue weighted by Crippen LogP contribution is -2.29. The van der Waals surface area contributed by atoms with Crippen molar-refractivity contribution in [1.29, 1.82) is 0 Å². The number of nitrogen functional groups attached to an aromatic ring is 1. The van der Waals surface area contributed by atoms with E-state index in [0.29, 0.717) is 32.1 Å². The molecule has 0 spiro atoms. The maximum absolute atomic E-state index is 6.42. The Morgan fingerprint density at radius 3 is 2.41 bits per heavy atom. The molecule has 2 N–H and O–H groups in total. The lowest BCUT2D eigenvalue weighted by atomic mass is 10.1. The maximum atomic E-state index is 6.42. The number of nitrogens with zero attached hydrogens (tertiary/aromatic N) is 3. The monoisotopic (exact) mass is 430 g/mol. The summed E-state index contributed by atoms with van der Waals surface area (Å²) in [4.78, 5) is 4.07. The second-order valence-electron chi connectivity index (χ2n) is 7.94. The molecule has 0 saturated carbocycles. The average molecular weight is 431 g/mol. The van der Waals surface area contributed by atoms with Crippen molar-refractivity contribution in [3.63, 3.8) is 0 Å². The summed E-state index contributed by atoms with van der Waals surface area (Å²) in [6, 6.07) is 24.2. The van der Waals surface area contributed by atoms with Gasteiger partial charge >= 0.3 is 0 Å². The van der Waals surface area contributed by atoms with Gasteiger partial charge in [-0.2, -0.15) is 5.10 Å². The van der Waals surface area contributed by atoms with Crippen LogP contribution in [0.3, 0.4) is 0 Å². The van der Waals surface area contributed by atoms with Crippen molar-refractivity contribution in [3.05, 3.63) is 95.9 Å². The Kier molecular flexibility index (Phi) is 6.11. The Balaban J connectivity index is 1.30. The number of nitrogens with two attached hydrogens (primary N) is 1. The van der Waals surface area contributed by atoms with Gasteiger partial charge in [-0.15, -0.1) is 0 Å². The van der Waals surface area contributed by atoms with Crippen LogP contribution in [0.2, 0.25) is 0 Å². The van der Waals surface area contributed by atoms with Gasteiger partial charge in [0.1, 0.15) is 24.1 Å². The van der Waals surface area contributed by atoms with Gasteiger partial charge in [-0.25, -0.2) is 9.50 Å². The largest absolute Gasteiger partial charge is 0.382 e. The highest BCUT2D eigenvalue weighted by atomic mass is 16.6. The van der Waals surface area contributed by atoms with E-state index in [1.165, 1.54) is 6.33 Å².